The van der Waals surface area contributed by atoms with E-state index in [9.17, 15) is 13.9 Å². The highest BCUT2D eigenvalue weighted by atomic mass is 19.3. The third-order valence-electron chi connectivity index (χ3n) is 5.83. The Hall–Kier alpha value is -1.78. The molecule has 2 aromatic rings. The summed E-state index contributed by atoms with van der Waals surface area (Å²) in [5, 5.41) is 11.2. The van der Waals surface area contributed by atoms with Gasteiger partial charge in [-0.2, -0.15) is 0 Å². The maximum atomic E-state index is 12.8. The van der Waals surface area contributed by atoms with Crippen molar-refractivity contribution in [3.8, 4) is 0 Å². The Bertz CT molecular complexity index is 702. The van der Waals surface area contributed by atoms with Crippen molar-refractivity contribution in [1.82, 2.24) is 4.90 Å². The number of hydrogen-bond acceptors (Lipinski definition) is 2. The fourth-order valence-corrected chi connectivity index (χ4v) is 4.54. The molecule has 2 fully saturated rings. The van der Waals surface area contributed by atoms with Gasteiger partial charge in [0.1, 0.15) is 0 Å². The van der Waals surface area contributed by atoms with Crippen LogP contribution in [0.25, 0.3) is 0 Å². The van der Waals surface area contributed by atoms with Crippen LogP contribution in [0.1, 0.15) is 48.8 Å². The molecule has 4 heteroatoms. The number of aliphatic hydroxyl groups is 1. The van der Waals surface area contributed by atoms with Crippen LogP contribution >= 0.6 is 0 Å². The minimum Gasteiger partial charge on any atom is -0.385 e. The zero-order valence-electron chi connectivity index (χ0n) is 14.1. The molecule has 2 aliphatic heterocycles. The predicted octanol–water partition coefficient (Wildman–Crippen LogP) is 4.64. The minimum atomic E-state index is -2.47. The molecule has 2 bridgehead atoms. The van der Waals surface area contributed by atoms with Crippen LogP contribution in [-0.4, -0.2) is 22.1 Å². The summed E-state index contributed by atoms with van der Waals surface area (Å²) in [6.45, 7) is 0.913. The van der Waals surface area contributed by atoms with E-state index < -0.39 is 12.0 Å². The largest absolute Gasteiger partial charge is 0.385 e. The number of halogens is 2. The zero-order valence-corrected chi connectivity index (χ0v) is 14.1. The van der Waals surface area contributed by atoms with E-state index in [-0.39, 0.29) is 5.56 Å². The maximum Gasteiger partial charge on any atom is 0.263 e. The smallest absolute Gasteiger partial charge is 0.263 e. The first-order chi connectivity index (χ1) is 12.0. The van der Waals surface area contributed by atoms with Crippen molar-refractivity contribution in [3.63, 3.8) is 0 Å². The molecule has 0 radical (unpaired) electrons. The van der Waals surface area contributed by atoms with Crippen LogP contribution in [0.5, 0.6) is 0 Å². The molecule has 2 nitrogen and oxygen atoms in total. The molecule has 1 N–H and O–H groups in total. The minimum absolute atomic E-state index is 0.0110. The molecular weight excluding hydrogens is 320 g/mol. The Balaban J connectivity index is 1.52. The van der Waals surface area contributed by atoms with Gasteiger partial charge in [-0.15, -0.1) is 0 Å². The van der Waals surface area contributed by atoms with Gasteiger partial charge in [0, 0.05) is 24.2 Å². The van der Waals surface area contributed by atoms with Gasteiger partial charge >= 0.3 is 0 Å². The van der Waals surface area contributed by atoms with E-state index in [2.05, 4.69) is 29.2 Å². The molecule has 0 amide bonds. The highest BCUT2D eigenvalue weighted by Gasteiger charge is 2.48. The normalized spacial score (nSPS) is 29.3. The van der Waals surface area contributed by atoms with Gasteiger partial charge in [0.15, 0.2) is 0 Å². The van der Waals surface area contributed by atoms with Crippen LogP contribution in [-0.2, 0) is 12.1 Å². The zero-order chi connectivity index (χ0) is 17.4. The molecule has 2 unspecified atom stereocenters. The van der Waals surface area contributed by atoms with Crippen molar-refractivity contribution in [2.75, 3.05) is 0 Å². The van der Waals surface area contributed by atoms with Gasteiger partial charge in [-0.05, 0) is 36.8 Å². The Kier molecular flexibility index (Phi) is 4.34. The van der Waals surface area contributed by atoms with Crippen molar-refractivity contribution in [1.29, 1.82) is 0 Å². The Morgan fingerprint density at radius 3 is 2.12 bits per heavy atom. The number of hydrogen-bond donors (Lipinski definition) is 1. The lowest BCUT2D eigenvalue weighted by atomic mass is 9.80. The summed E-state index contributed by atoms with van der Waals surface area (Å²) >= 11 is 0. The van der Waals surface area contributed by atoms with E-state index >= 15 is 0 Å². The van der Waals surface area contributed by atoms with E-state index in [1.54, 1.807) is 12.1 Å². The second kappa shape index (κ2) is 6.50. The Morgan fingerprint density at radius 2 is 1.56 bits per heavy atom. The molecule has 2 saturated heterocycles. The summed E-state index contributed by atoms with van der Waals surface area (Å²) in [7, 11) is 0. The third-order valence-corrected chi connectivity index (χ3v) is 5.83. The van der Waals surface area contributed by atoms with E-state index in [0.717, 1.165) is 24.9 Å². The summed E-state index contributed by atoms with van der Waals surface area (Å²) in [5.41, 5.74) is 1.18. The predicted molar refractivity (Wildman–Crippen MR) is 93.3 cm³/mol. The summed E-state index contributed by atoms with van der Waals surface area (Å²) in [4.78, 5) is 2.51. The van der Waals surface area contributed by atoms with Gasteiger partial charge in [0.25, 0.3) is 6.43 Å². The van der Waals surface area contributed by atoms with E-state index in [4.69, 9.17) is 0 Å². The molecule has 4 rings (SSSR count). The number of benzene rings is 2. The average Bonchev–Trinajstić information content (AvgIpc) is 2.87. The van der Waals surface area contributed by atoms with E-state index in [1.165, 1.54) is 17.7 Å². The standard InChI is InChI=1S/C21H23F2NO/c22-20(23)16-6-8-17(9-7-16)21(25)12-18-10-11-19(13-21)24(18)14-15-4-2-1-3-5-15/h1-9,18-20,25H,10-14H2. The number of piperidine rings is 1. The van der Waals surface area contributed by atoms with Crippen molar-refractivity contribution in [2.45, 2.75) is 56.3 Å². The lowest BCUT2D eigenvalue weighted by molar-refractivity contribution is -0.0595. The molecule has 2 heterocycles. The number of rotatable bonds is 4. The first-order valence-corrected chi connectivity index (χ1v) is 8.96. The molecule has 2 atom stereocenters. The average molecular weight is 343 g/mol. The van der Waals surface area contributed by atoms with E-state index in [0.29, 0.717) is 24.9 Å². The second-order valence-electron chi connectivity index (χ2n) is 7.41. The Labute approximate surface area is 147 Å². The van der Waals surface area contributed by atoms with Crippen molar-refractivity contribution >= 4 is 0 Å². The van der Waals surface area contributed by atoms with Crippen LogP contribution < -0.4 is 0 Å². The third kappa shape index (κ3) is 3.21. The van der Waals surface area contributed by atoms with Crippen molar-refractivity contribution in [3.05, 3.63) is 71.3 Å². The summed E-state index contributed by atoms with van der Waals surface area (Å²) in [6.07, 6.45) is 1.06. The quantitative estimate of drug-likeness (QED) is 0.874. The first kappa shape index (κ1) is 16.7. The maximum absolute atomic E-state index is 12.8. The molecule has 132 valence electrons. The van der Waals surface area contributed by atoms with Gasteiger partial charge in [-0.3, -0.25) is 4.90 Å². The van der Waals surface area contributed by atoms with Gasteiger partial charge < -0.3 is 5.11 Å². The first-order valence-electron chi connectivity index (χ1n) is 8.96. The molecule has 25 heavy (non-hydrogen) atoms. The number of nitrogens with zero attached hydrogens (tertiary/aromatic N) is 1. The lowest BCUT2D eigenvalue weighted by Gasteiger charge is -2.44. The van der Waals surface area contributed by atoms with Gasteiger partial charge in [-0.25, -0.2) is 8.78 Å². The topological polar surface area (TPSA) is 23.5 Å². The fourth-order valence-electron chi connectivity index (χ4n) is 4.54. The van der Waals surface area contributed by atoms with Crippen LogP contribution in [0.2, 0.25) is 0 Å². The molecular formula is C21H23F2NO. The van der Waals surface area contributed by atoms with Crippen LogP contribution in [0.15, 0.2) is 54.6 Å². The van der Waals surface area contributed by atoms with Gasteiger partial charge in [0.2, 0.25) is 0 Å². The number of fused-ring (bicyclic) bond motifs is 2. The molecule has 0 saturated carbocycles. The molecule has 0 aromatic heterocycles. The second-order valence-corrected chi connectivity index (χ2v) is 7.41. The van der Waals surface area contributed by atoms with Crippen molar-refractivity contribution < 1.29 is 13.9 Å². The van der Waals surface area contributed by atoms with Crippen LogP contribution in [0, 0.1) is 0 Å². The fraction of sp³-hybridized carbons (Fsp3) is 0.429. The van der Waals surface area contributed by atoms with Crippen LogP contribution in [0.3, 0.4) is 0 Å². The lowest BCUT2D eigenvalue weighted by Crippen LogP contribution is -2.49. The highest BCUT2D eigenvalue weighted by molar-refractivity contribution is 5.29. The van der Waals surface area contributed by atoms with Crippen LogP contribution in [0.4, 0.5) is 8.78 Å². The van der Waals surface area contributed by atoms with Gasteiger partial charge in [-0.1, -0.05) is 54.6 Å². The Morgan fingerprint density at radius 1 is 0.960 bits per heavy atom. The van der Waals surface area contributed by atoms with Gasteiger partial charge in [0.05, 0.1) is 5.60 Å². The monoisotopic (exact) mass is 343 g/mol. The molecule has 2 aliphatic rings. The van der Waals surface area contributed by atoms with E-state index in [1.807, 2.05) is 6.07 Å². The summed E-state index contributed by atoms with van der Waals surface area (Å²) in [6, 6.07) is 17.3. The SMILES string of the molecule is OC1(c2ccc(C(F)F)cc2)CC2CCC(C1)N2Cc1ccccc1. The molecule has 2 aromatic carbocycles. The summed E-state index contributed by atoms with van der Waals surface area (Å²) in [5.74, 6) is 0. The molecule has 0 aliphatic carbocycles. The highest BCUT2D eigenvalue weighted by Crippen LogP contribution is 2.46. The van der Waals surface area contributed by atoms with Crippen molar-refractivity contribution in [2.24, 2.45) is 0 Å². The molecule has 0 spiro atoms. The summed E-state index contributed by atoms with van der Waals surface area (Å²) < 4.78 is 25.5. The number of alkyl halides is 2.